The average molecular weight is 327 g/mol. The summed E-state index contributed by atoms with van der Waals surface area (Å²) in [5, 5.41) is 2.74. The van der Waals surface area contributed by atoms with Gasteiger partial charge in [-0.1, -0.05) is 24.3 Å². The Bertz CT molecular complexity index is 712. The molecule has 2 aromatic rings. The Morgan fingerprint density at radius 3 is 2.62 bits per heavy atom. The predicted octanol–water partition coefficient (Wildman–Crippen LogP) is 3.58. The second kappa shape index (κ2) is 8.72. The van der Waals surface area contributed by atoms with Gasteiger partial charge < -0.3 is 14.8 Å². The van der Waals surface area contributed by atoms with Gasteiger partial charge in [0.05, 0.1) is 25.0 Å². The Kier molecular flexibility index (Phi) is 6.37. The van der Waals surface area contributed by atoms with E-state index < -0.39 is 5.97 Å². The highest BCUT2D eigenvalue weighted by atomic mass is 16.5. The van der Waals surface area contributed by atoms with Crippen LogP contribution in [0.5, 0.6) is 5.75 Å². The van der Waals surface area contributed by atoms with Gasteiger partial charge in [0.15, 0.2) is 0 Å². The molecule has 0 unspecified atom stereocenters. The first-order valence-corrected chi connectivity index (χ1v) is 7.77. The van der Waals surface area contributed by atoms with Crippen molar-refractivity contribution in [2.75, 3.05) is 19.0 Å². The van der Waals surface area contributed by atoms with Crippen LogP contribution < -0.4 is 10.1 Å². The molecule has 0 aromatic heterocycles. The van der Waals surface area contributed by atoms with E-state index in [4.69, 9.17) is 9.47 Å². The summed E-state index contributed by atoms with van der Waals surface area (Å²) in [6.45, 7) is 2.45. The Labute approximate surface area is 141 Å². The quantitative estimate of drug-likeness (QED) is 0.623. The highest BCUT2D eigenvalue weighted by molar-refractivity contribution is 6.01. The number of benzene rings is 2. The Morgan fingerprint density at radius 1 is 1.08 bits per heavy atom. The third-order valence-electron chi connectivity index (χ3n) is 3.41. The summed E-state index contributed by atoms with van der Waals surface area (Å²) >= 11 is 0. The van der Waals surface area contributed by atoms with Gasteiger partial charge in [0.1, 0.15) is 5.75 Å². The summed E-state index contributed by atoms with van der Waals surface area (Å²) in [5.74, 6) is 0.152. The number of anilines is 1. The molecule has 0 heterocycles. The predicted molar refractivity (Wildman–Crippen MR) is 92.3 cm³/mol. The molecule has 24 heavy (non-hydrogen) atoms. The lowest BCUT2D eigenvalue weighted by atomic mass is 10.1. The van der Waals surface area contributed by atoms with Crippen LogP contribution in [-0.2, 0) is 9.53 Å². The number of nitrogens with one attached hydrogen (secondary N) is 1. The van der Waals surface area contributed by atoms with Gasteiger partial charge in [0.2, 0.25) is 5.91 Å². The van der Waals surface area contributed by atoms with Crippen molar-refractivity contribution < 1.29 is 19.1 Å². The molecule has 0 bridgehead atoms. The van der Waals surface area contributed by atoms with Gasteiger partial charge in [-0.25, -0.2) is 4.79 Å². The standard InChI is InChI=1S/C19H21NO4/c1-14-7-5-8-15(13-14)24-12-6-11-18(21)20-17-10-4-3-9-16(17)19(22)23-2/h3-5,7-10,13H,6,11-12H2,1-2H3,(H,20,21). The number of rotatable bonds is 7. The van der Waals surface area contributed by atoms with E-state index in [9.17, 15) is 9.59 Å². The van der Waals surface area contributed by atoms with Gasteiger partial charge >= 0.3 is 5.97 Å². The number of amides is 1. The smallest absolute Gasteiger partial charge is 0.339 e. The summed E-state index contributed by atoms with van der Waals surface area (Å²) < 4.78 is 10.3. The van der Waals surface area contributed by atoms with E-state index in [-0.39, 0.29) is 5.91 Å². The zero-order valence-corrected chi connectivity index (χ0v) is 13.9. The number of methoxy groups -OCH3 is 1. The van der Waals surface area contributed by atoms with Crippen LogP contribution in [0.25, 0.3) is 0 Å². The SMILES string of the molecule is COC(=O)c1ccccc1NC(=O)CCCOc1cccc(C)c1. The van der Waals surface area contributed by atoms with Gasteiger partial charge in [-0.05, 0) is 43.2 Å². The normalized spacial score (nSPS) is 10.1. The van der Waals surface area contributed by atoms with Crippen molar-refractivity contribution in [2.45, 2.75) is 19.8 Å². The topological polar surface area (TPSA) is 64.6 Å². The molecular formula is C19H21NO4. The average Bonchev–Trinajstić information content (AvgIpc) is 2.58. The third kappa shape index (κ3) is 5.12. The molecule has 126 valence electrons. The molecule has 2 rings (SSSR count). The Hall–Kier alpha value is -2.82. The van der Waals surface area contributed by atoms with Gasteiger partial charge in [-0.2, -0.15) is 0 Å². The molecule has 0 spiro atoms. The van der Waals surface area contributed by atoms with Crippen LogP contribution in [-0.4, -0.2) is 25.6 Å². The van der Waals surface area contributed by atoms with Gasteiger partial charge in [0, 0.05) is 6.42 Å². The van der Waals surface area contributed by atoms with Gasteiger partial charge in [0.25, 0.3) is 0 Å². The van der Waals surface area contributed by atoms with E-state index in [1.807, 2.05) is 31.2 Å². The van der Waals surface area contributed by atoms with Crippen molar-refractivity contribution in [1.29, 1.82) is 0 Å². The number of esters is 1. The van der Waals surface area contributed by atoms with Crippen molar-refractivity contribution in [3.63, 3.8) is 0 Å². The van der Waals surface area contributed by atoms with Crippen LogP contribution in [0.3, 0.4) is 0 Å². The number of carbonyl (C=O) groups is 2. The van der Waals surface area contributed by atoms with Crippen LogP contribution in [0.4, 0.5) is 5.69 Å². The fraction of sp³-hybridized carbons (Fsp3) is 0.263. The fourth-order valence-corrected chi connectivity index (χ4v) is 2.22. The minimum Gasteiger partial charge on any atom is -0.494 e. The second-order valence-electron chi connectivity index (χ2n) is 5.35. The number of hydrogen-bond donors (Lipinski definition) is 1. The lowest BCUT2D eigenvalue weighted by Crippen LogP contribution is -2.15. The Morgan fingerprint density at radius 2 is 1.88 bits per heavy atom. The van der Waals surface area contributed by atoms with Gasteiger partial charge in [-0.15, -0.1) is 0 Å². The lowest BCUT2D eigenvalue weighted by molar-refractivity contribution is -0.116. The molecule has 0 aliphatic carbocycles. The monoisotopic (exact) mass is 327 g/mol. The number of aryl methyl sites for hydroxylation is 1. The maximum atomic E-state index is 12.0. The van der Waals surface area contributed by atoms with E-state index in [0.717, 1.165) is 11.3 Å². The zero-order valence-electron chi connectivity index (χ0n) is 13.9. The molecule has 1 amide bonds. The molecule has 0 radical (unpaired) electrons. The van der Waals surface area contributed by atoms with Crippen molar-refractivity contribution in [1.82, 2.24) is 0 Å². The van der Waals surface area contributed by atoms with Crippen molar-refractivity contribution in [3.05, 3.63) is 59.7 Å². The maximum absolute atomic E-state index is 12.0. The van der Waals surface area contributed by atoms with Crippen molar-refractivity contribution >= 4 is 17.6 Å². The van der Waals surface area contributed by atoms with Crippen molar-refractivity contribution in [2.24, 2.45) is 0 Å². The van der Waals surface area contributed by atoms with E-state index in [2.05, 4.69) is 5.32 Å². The molecular weight excluding hydrogens is 306 g/mol. The number of hydrogen-bond acceptors (Lipinski definition) is 4. The molecule has 1 N–H and O–H groups in total. The van der Waals surface area contributed by atoms with Crippen molar-refractivity contribution in [3.8, 4) is 5.75 Å². The summed E-state index contributed by atoms with van der Waals surface area (Å²) in [7, 11) is 1.31. The number of para-hydroxylation sites is 1. The van der Waals surface area contributed by atoms with Crippen LogP contribution in [0, 0.1) is 6.92 Å². The molecule has 0 atom stereocenters. The fourth-order valence-electron chi connectivity index (χ4n) is 2.22. The number of carbonyl (C=O) groups excluding carboxylic acids is 2. The first-order chi connectivity index (χ1) is 11.6. The van der Waals surface area contributed by atoms with E-state index in [1.54, 1.807) is 24.3 Å². The molecule has 0 fully saturated rings. The highest BCUT2D eigenvalue weighted by Crippen LogP contribution is 2.17. The summed E-state index contributed by atoms with van der Waals surface area (Å²) in [6, 6.07) is 14.5. The van der Waals surface area contributed by atoms with Crippen LogP contribution in [0.15, 0.2) is 48.5 Å². The summed E-state index contributed by atoms with van der Waals surface area (Å²) in [6.07, 6.45) is 0.890. The van der Waals surface area contributed by atoms with E-state index in [1.165, 1.54) is 7.11 Å². The van der Waals surface area contributed by atoms with E-state index in [0.29, 0.717) is 30.7 Å². The molecule has 0 aliphatic rings. The largest absolute Gasteiger partial charge is 0.494 e. The third-order valence-corrected chi connectivity index (χ3v) is 3.41. The highest BCUT2D eigenvalue weighted by Gasteiger charge is 2.12. The number of ether oxygens (including phenoxy) is 2. The summed E-state index contributed by atoms with van der Waals surface area (Å²) in [4.78, 5) is 23.7. The first kappa shape index (κ1) is 17.5. The Balaban J connectivity index is 1.81. The molecule has 5 nitrogen and oxygen atoms in total. The minimum atomic E-state index is -0.478. The second-order valence-corrected chi connectivity index (χ2v) is 5.35. The molecule has 0 aliphatic heterocycles. The molecule has 5 heteroatoms. The zero-order chi connectivity index (χ0) is 17.4. The van der Waals surface area contributed by atoms with Crippen LogP contribution in [0.1, 0.15) is 28.8 Å². The van der Waals surface area contributed by atoms with Crippen LogP contribution in [0.2, 0.25) is 0 Å². The maximum Gasteiger partial charge on any atom is 0.339 e. The van der Waals surface area contributed by atoms with E-state index >= 15 is 0 Å². The molecule has 0 saturated heterocycles. The molecule has 2 aromatic carbocycles. The van der Waals surface area contributed by atoms with Gasteiger partial charge in [-0.3, -0.25) is 4.79 Å². The van der Waals surface area contributed by atoms with Crippen LogP contribution >= 0.6 is 0 Å². The summed E-state index contributed by atoms with van der Waals surface area (Å²) in [5.41, 5.74) is 1.92. The lowest BCUT2D eigenvalue weighted by Gasteiger charge is -2.10. The minimum absolute atomic E-state index is 0.167. The molecule has 0 saturated carbocycles. The first-order valence-electron chi connectivity index (χ1n) is 7.77.